The van der Waals surface area contributed by atoms with Crippen LogP contribution in [0.4, 0.5) is 5.69 Å². The van der Waals surface area contributed by atoms with E-state index in [0.29, 0.717) is 30.9 Å². The zero-order valence-corrected chi connectivity index (χ0v) is 16.8. The molecule has 7 heteroatoms. The van der Waals surface area contributed by atoms with E-state index in [9.17, 15) is 13.2 Å². The topological polar surface area (TPSA) is 75.7 Å². The Hall–Kier alpha value is -2.38. The molecular formula is C21H26N2O4S. The number of ether oxygens (including phenoxy) is 1. The van der Waals surface area contributed by atoms with E-state index in [2.05, 4.69) is 5.32 Å². The van der Waals surface area contributed by atoms with Gasteiger partial charge >= 0.3 is 0 Å². The van der Waals surface area contributed by atoms with Crippen molar-refractivity contribution in [1.29, 1.82) is 0 Å². The van der Waals surface area contributed by atoms with Crippen LogP contribution in [0.3, 0.4) is 0 Å². The predicted molar refractivity (Wildman–Crippen MR) is 109 cm³/mol. The highest BCUT2D eigenvalue weighted by atomic mass is 32.2. The second kappa shape index (κ2) is 9.21. The minimum Gasteiger partial charge on any atom is -0.481 e. The zero-order valence-electron chi connectivity index (χ0n) is 16.0. The van der Waals surface area contributed by atoms with Gasteiger partial charge in [-0.25, -0.2) is 8.42 Å². The maximum Gasteiger partial charge on any atom is 0.265 e. The second-order valence-corrected chi connectivity index (χ2v) is 8.74. The maximum atomic E-state index is 12.7. The van der Waals surface area contributed by atoms with Gasteiger partial charge < -0.3 is 10.1 Å². The lowest BCUT2D eigenvalue weighted by molar-refractivity contribution is -0.122. The lowest BCUT2D eigenvalue weighted by Gasteiger charge is -2.26. The Morgan fingerprint density at radius 1 is 1.04 bits per heavy atom. The summed E-state index contributed by atoms with van der Waals surface area (Å²) in [6.45, 7) is 3.01. The Kier molecular flexibility index (Phi) is 6.70. The molecule has 0 spiro atoms. The molecule has 0 aromatic heterocycles. The van der Waals surface area contributed by atoms with Crippen molar-refractivity contribution in [3.63, 3.8) is 0 Å². The molecule has 0 aliphatic carbocycles. The van der Waals surface area contributed by atoms with Gasteiger partial charge in [-0.2, -0.15) is 4.31 Å². The molecule has 0 saturated carbocycles. The van der Waals surface area contributed by atoms with Gasteiger partial charge in [-0.3, -0.25) is 4.79 Å². The van der Waals surface area contributed by atoms with Gasteiger partial charge in [-0.1, -0.05) is 31.5 Å². The van der Waals surface area contributed by atoms with Crippen LogP contribution in [0.2, 0.25) is 0 Å². The summed E-state index contributed by atoms with van der Waals surface area (Å²) in [6.07, 6.45) is 2.75. The number of sulfonamides is 1. The average molecular weight is 403 g/mol. The third kappa shape index (κ3) is 4.91. The summed E-state index contributed by atoms with van der Waals surface area (Å²) in [4.78, 5) is 12.8. The SMILES string of the molecule is CC[C@@H](Oc1ccccc1)C(=O)Nc1ccc(S(=O)(=O)N2CCCCC2)cc1. The number of nitrogens with one attached hydrogen (secondary N) is 1. The van der Waals surface area contributed by atoms with Gasteiger partial charge in [0.15, 0.2) is 6.10 Å². The first-order valence-corrected chi connectivity index (χ1v) is 11.1. The molecule has 1 fully saturated rings. The van der Waals surface area contributed by atoms with Gasteiger partial charge in [-0.05, 0) is 55.7 Å². The third-order valence-corrected chi connectivity index (χ3v) is 6.67. The molecule has 0 unspecified atom stereocenters. The molecule has 150 valence electrons. The Morgan fingerprint density at radius 3 is 2.29 bits per heavy atom. The largest absolute Gasteiger partial charge is 0.481 e. The van der Waals surface area contributed by atoms with E-state index in [1.807, 2.05) is 25.1 Å². The monoisotopic (exact) mass is 402 g/mol. The summed E-state index contributed by atoms with van der Waals surface area (Å²) in [5.74, 6) is 0.366. The lowest BCUT2D eigenvalue weighted by atomic mass is 10.2. The van der Waals surface area contributed by atoms with Crippen LogP contribution in [-0.4, -0.2) is 37.8 Å². The van der Waals surface area contributed by atoms with Crippen molar-refractivity contribution in [3.8, 4) is 5.75 Å². The smallest absolute Gasteiger partial charge is 0.265 e. The summed E-state index contributed by atoms with van der Waals surface area (Å²) in [5, 5.41) is 2.80. The molecule has 28 heavy (non-hydrogen) atoms. The van der Waals surface area contributed by atoms with E-state index in [-0.39, 0.29) is 10.8 Å². The van der Waals surface area contributed by atoms with Crippen LogP contribution in [0.5, 0.6) is 5.75 Å². The number of hydrogen-bond donors (Lipinski definition) is 1. The molecule has 2 aromatic carbocycles. The van der Waals surface area contributed by atoms with Crippen molar-refractivity contribution in [3.05, 3.63) is 54.6 Å². The number of amides is 1. The summed E-state index contributed by atoms with van der Waals surface area (Å²) in [5.41, 5.74) is 0.540. The van der Waals surface area contributed by atoms with Gasteiger partial charge in [0.1, 0.15) is 5.75 Å². The van der Waals surface area contributed by atoms with E-state index in [0.717, 1.165) is 19.3 Å². The molecule has 1 saturated heterocycles. The maximum absolute atomic E-state index is 12.7. The first-order chi connectivity index (χ1) is 13.5. The number of piperidine rings is 1. The van der Waals surface area contributed by atoms with Gasteiger partial charge in [0, 0.05) is 18.8 Å². The van der Waals surface area contributed by atoms with Gasteiger partial charge in [-0.15, -0.1) is 0 Å². The quantitative estimate of drug-likeness (QED) is 0.767. The standard InChI is InChI=1S/C21H26N2O4S/c1-2-20(27-18-9-5-3-6-10-18)21(24)22-17-11-13-19(14-12-17)28(25,26)23-15-7-4-8-16-23/h3,5-6,9-14,20H,2,4,7-8,15-16H2,1H3,(H,22,24)/t20-/m1/s1. The molecule has 1 heterocycles. The van der Waals surface area contributed by atoms with Crippen molar-refractivity contribution in [2.45, 2.75) is 43.6 Å². The number of carbonyl (C=O) groups excluding carboxylic acids is 1. The van der Waals surface area contributed by atoms with Crippen LogP contribution in [0.25, 0.3) is 0 Å². The second-order valence-electron chi connectivity index (χ2n) is 6.81. The molecule has 1 amide bonds. The van der Waals surface area contributed by atoms with E-state index in [1.165, 1.54) is 4.31 Å². The fourth-order valence-electron chi connectivity index (χ4n) is 3.17. The number of carbonyl (C=O) groups is 1. The molecule has 1 atom stereocenters. The number of para-hydroxylation sites is 1. The molecule has 1 aliphatic heterocycles. The number of nitrogens with zero attached hydrogens (tertiary/aromatic N) is 1. The van der Waals surface area contributed by atoms with Crippen molar-refractivity contribution >= 4 is 21.6 Å². The van der Waals surface area contributed by atoms with E-state index in [1.54, 1.807) is 36.4 Å². The van der Waals surface area contributed by atoms with Crippen molar-refractivity contribution in [1.82, 2.24) is 4.31 Å². The van der Waals surface area contributed by atoms with Crippen LogP contribution >= 0.6 is 0 Å². The van der Waals surface area contributed by atoms with Crippen LogP contribution in [0, 0.1) is 0 Å². The molecule has 0 radical (unpaired) electrons. The Morgan fingerprint density at radius 2 is 1.68 bits per heavy atom. The highest BCUT2D eigenvalue weighted by molar-refractivity contribution is 7.89. The highest BCUT2D eigenvalue weighted by Crippen LogP contribution is 2.22. The number of benzene rings is 2. The van der Waals surface area contributed by atoms with E-state index >= 15 is 0 Å². The van der Waals surface area contributed by atoms with Crippen LogP contribution in [-0.2, 0) is 14.8 Å². The molecule has 3 rings (SSSR count). The number of rotatable bonds is 7. The number of hydrogen-bond acceptors (Lipinski definition) is 4. The van der Waals surface area contributed by atoms with Crippen LogP contribution in [0.15, 0.2) is 59.5 Å². The first-order valence-electron chi connectivity index (χ1n) is 9.63. The molecule has 2 aromatic rings. The van der Waals surface area contributed by atoms with Crippen LogP contribution < -0.4 is 10.1 Å². The highest BCUT2D eigenvalue weighted by Gasteiger charge is 2.26. The molecule has 0 bridgehead atoms. The van der Waals surface area contributed by atoms with Crippen molar-refractivity contribution < 1.29 is 17.9 Å². The normalized spacial score (nSPS) is 16.3. The summed E-state index contributed by atoms with van der Waals surface area (Å²) in [6, 6.07) is 15.5. The number of anilines is 1. The third-order valence-electron chi connectivity index (χ3n) is 4.76. The Bertz CT molecular complexity index is 876. The molecule has 6 nitrogen and oxygen atoms in total. The fourth-order valence-corrected chi connectivity index (χ4v) is 4.69. The summed E-state index contributed by atoms with van der Waals surface area (Å²) >= 11 is 0. The van der Waals surface area contributed by atoms with Crippen molar-refractivity contribution in [2.75, 3.05) is 18.4 Å². The zero-order chi connectivity index (χ0) is 20.0. The Labute approximate surface area is 166 Å². The summed E-state index contributed by atoms with van der Waals surface area (Å²) < 4.78 is 32.7. The minimum atomic E-state index is -3.47. The van der Waals surface area contributed by atoms with Gasteiger partial charge in [0.25, 0.3) is 5.91 Å². The minimum absolute atomic E-state index is 0.250. The van der Waals surface area contributed by atoms with E-state index in [4.69, 9.17) is 4.74 Å². The molecule has 1 N–H and O–H groups in total. The predicted octanol–water partition coefficient (Wildman–Crippen LogP) is 3.66. The summed E-state index contributed by atoms with van der Waals surface area (Å²) in [7, 11) is -3.47. The van der Waals surface area contributed by atoms with Gasteiger partial charge in [0.2, 0.25) is 10.0 Å². The molecule has 1 aliphatic rings. The molecular weight excluding hydrogens is 376 g/mol. The van der Waals surface area contributed by atoms with Crippen molar-refractivity contribution in [2.24, 2.45) is 0 Å². The van der Waals surface area contributed by atoms with Gasteiger partial charge in [0.05, 0.1) is 4.90 Å². The lowest BCUT2D eigenvalue weighted by Crippen LogP contribution is -2.35. The fraction of sp³-hybridized carbons (Fsp3) is 0.381. The van der Waals surface area contributed by atoms with Crippen LogP contribution in [0.1, 0.15) is 32.6 Å². The Balaban J connectivity index is 1.65. The van der Waals surface area contributed by atoms with E-state index < -0.39 is 16.1 Å². The average Bonchev–Trinajstić information content (AvgIpc) is 2.73. The first kappa shape index (κ1) is 20.4.